The van der Waals surface area contributed by atoms with Gasteiger partial charge in [-0.25, -0.2) is 0 Å². The summed E-state index contributed by atoms with van der Waals surface area (Å²) >= 11 is 0. The first-order chi connectivity index (χ1) is 18.6. The van der Waals surface area contributed by atoms with Gasteiger partial charge in [0.05, 0.1) is 26.4 Å². The highest BCUT2D eigenvalue weighted by Crippen LogP contribution is 2.42. The summed E-state index contributed by atoms with van der Waals surface area (Å²) in [5, 5.41) is 19.2. The number of hydrogen-bond donors (Lipinski definition) is 2. The third-order valence-electron chi connectivity index (χ3n) is 8.10. The van der Waals surface area contributed by atoms with Crippen molar-refractivity contribution in [1.29, 1.82) is 0 Å². The van der Waals surface area contributed by atoms with Crippen molar-refractivity contribution in [3.05, 3.63) is 0 Å². The SMILES string of the molecule is CC(C)CC1(C)OCC(C2OCC(O)C2O)O1.CC(C)CC1(C)OCC(C2OCC3OC(C)(CC(C)C)OC32)O1. The predicted octanol–water partition coefficient (Wildman–Crippen LogP) is 3.39. The highest BCUT2D eigenvalue weighted by atomic mass is 16.8. The molecule has 0 bridgehead atoms. The molecule has 0 aromatic rings. The summed E-state index contributed by atoms with van der Waals surface area (Å²) in [5.74, 6) is -0.100. The molecule has 2 N–H and O–H groups in total. The summed E-state index contributed by atoms with van der Waals surface area (Å²) in [6.07, 6.45) is -0.170. The normalized spacial score (nSPS) is 47.0. The smallest absolute Gasteiger partial charge is 0.167 e. The van der Waals surface area contributed by atoms with Crippen LogP contribution >= 0.6 is 0 Å². The molecule has 0 aromatic heterocycles. The largest absolute Gasteiger partial charge is 0.388 e. The molecule has 234 valence electrons. The number of aliphatic hydroxyl groups is 2. The van der Waals surface area contributed by atoms with Crippen molar-refractivity contribution in [3.63, 3.8) is 0 Å². The van der Waals surface area contributed by atoms with E-state index in [9.17, 15) is 10.2 Å². The number of aliphatic hydroxyl groups excluding tert-OH is 2. The Morgan fingerprint density at radius 3 is 1.45 bits per heavy atom. The summed E-state index contributed by atoms with van der Waals surface area (Å²) in [6.45, 7) is 20.6. The highest BCUT2D eigenvalue weighted by Gasteiger charge is 2.56. The number of rotatable bonds is 8. The lowest BCUT2D eigenvalue weighted by molar-refractivity contribution is -0.213. The third kappa shape index (κ3) is 7.75. The first-order valence-corrected chi connectivity index (χ1v) is 15.2. The third-order valence-corrected chi connectivity index (χ3v) is 8.10. The summed E-state index contributed by atoms with van der Waals surface area (Å²) < 4.78 is 47.4. The Morgan fingerprint density at radius 2 is 0.975 bits per heavy atom. The van der Waals surface area contributed by atoms with Crippen LogP contribution in [0, 0.1) is 17.8 Å². The van der Waals surface area contributed by atoms with Crippen LogP contribution in [0.3, 0.4) is 0 Å². The van der Waals surface area contributed by atoms with Gasteiger partial charge in [-0.15, -0.1) is 0 Å². The quantitative estimate of drug-likeness (QED) is 0.447. The van der Waals surface area contributed by atoms with Crippen LogP contribution in [0.5, 0.6) is 0 Å². The van der Waals surface area contributed by atoms with Gasteiger partial charge in [-0.3, -0.25) is 0 Å². The van der Waals surface area contributed by atoms with Gasteiger partial charge >= 0.3 is 0 Å². The Balaban J connectivity index is 0.000000194. The average Bonchev–Trinajstić information content (AvgIpc) is 3.60. The second-order valence-electron chi connectivity index (χ2n) is 14.0. The zero-order valence-electron chi connectivity index (χ0n) is 26.0. The van der Waals surface area contributed by atoms with Crippen molar-refractivity contribution in [1.82, 2.24) is 0 Å². The molecule has 10 nitrogen and oxygen atoms in total. The van der Waals surface area contributed by atoms with E-state index in [0.29, 0.717) is 37.6 Å². The van der Waals surface area contributed by atoms with Crippen LogP contribution in [0.1, 0.15) is 81.6 Å². The topological polar surface area (TPSA) is 114 Å². The van der Waals surface area contributed by atoms with E-state index >= 15 is 0 Å². The van der Waals surface area contributed by atoms with E-state index < -0.39 is 35.7 Å². The Labute approximate surface area is 240 Å². The van der Waals surface area contributed by atoms with Gasteiger partial charge in [-0.1, -0.05) is 41.5 Å². The van der Waals surface area contributed by atoms with Crippen LogP contribution in [-0.2, 0) is 37.9 Å². The van der Waals surface area contributed by atoms with E-state index in [0.717, 1.165) is 19.3 Å². The molecule has 11 unspecified atom stereocenters. The van der Waals surface area contributed by atoms with E-state index in [2.05, 4.69) is 41.5 Å². The predicted molar refractivity (Wildman–Crippen MR) is 146 cm³/mol. The van der Waals surface area contributed by atoms with Crippen molar-refractivity contribution in [3.8, 4) is 0 Å². The van der Waals surface area contributed by atoms with Crippen molar-refractivity contribution in [2.75, 3.05) is 26.4 Å². The summed E-state index contributed by atoms with van der Waals surface area (Å²) in [7, 11) is 0. The maximum atomic E-state index is 9.76. The molecule has 0 radical (unpaired) electrons. The first-order valence-electron chi connectivity index (χ1n) is 15.2. The molecule has 0 aliphatic carbocycles. The zero-order valence-corrected chi connectivity index (χ0v) is 26.0. The molecule has 40 heavy (non-hydrogen) atoms. The molecule has 5 heterocycles. The van der Waals surface area contributed by atoms with Gasteiger partial charge in [0.1, 0.15) is 48.8 Å². The minimum absolute atomic E-state index is 0.00399. The van der Waals surface area contributed by atoms with Gasteiger partial charge in [-0.2, -0.15) is 0 Å². The molecule has 0 saturated carbocycles. The van der Waals surface area contributed by atoms with Crippen LogP contribution in [-0.4, -0.2) is 103 Å². The Bertz CT molecular complexity index is 824. The van der Waals surface area contributed by atoms with Crippen LogP contribution in [0.15, 0.2) is 0 Å². The van der Waals surface area contributed by atoms with Crippen LogP contribution in [0.2, 0.25) is 0 Å². The summed E-state index contributed by atoms with van der Waals surface area (Å²) in [5.41, 5.74) is 0. The lowest BCUT2D eigenvalue weighted by atomic mass is 10.0. The Hall–Kier alpha value is -0.400. The van der Waals surface area contributed by atoms with Crippen LogP contribution < -0.4 is 0 Å². The van der Waals surface area contributed by atoms with Crippen molar-refractivity contribution in [2.45, 2.75) is 148 Å². The van der Waals surface area contributed by atoms with Crippen molar-refractivity contribution < 1.29 is 48.1 Å². The fourth-order valence-electron chi connectivity index (χ4n) is 6.91. The molecule has 5 fully saturated rings. The van der Waals surface area contributed by atoms with Gasteiger partial charge in [0.25, 0.3) is 0 Å². The highest BCUT2D eigenvalue weighted by molar-refractivity contribution is 4.99. The van der Waals surface area contributed by atoms with E-state index in [1.807, 2.05) is 20.8 Å². The molecule has 0 spiro atoms. The van der Waals surface area contributed by atoms with E-state index in [4.69, 9.17) is 37.9 Å². The van der Waals surface area contributed by atoms with Gasteiger partial charge < -0.3 is 48.1 Å². The van der Waals surface area contributed by atoms with Crippen molar-refractivity contribution in [2.24, 2.45) is 17.8 Å². The Kier molecular flexibility index (Phi) is 10.3. The molecule has 5 rings (SSSR count). The molecule has 10 heteroatoms. The molecule has 0 amide bonds. The molecule has 0 aromatic carbocycles. The fraction of sp³-hybridized carbons (Fsp3) is 1.00. The molecule has 11 atom stereocenters. The van der Waals surface area contributed by atoms with Crippen LogP contribution in [0.25, 0.3) is 0 Å². The average molecular weight is 575 g/mol. The standard InChI is InChI=1S/C18H32O5.C12H22O5/c1-11(2)7-17(5)20-10-14(21-17)15-16-13(9-19-15)22-18(6,23-16)8-12(3)4;1-7(2)4-12(3)16-6-9(17-12)11-10(14)8(13)5-15-11/h11-16H,7-10H2,1-6H3;7-11,13-14H,4-6H2,1-3H3. The second-order valence-corrected chi connectivity index (χ2v) is 14.0. The fourth-order valence-corrected chi connectivity index (χ4v) is 6.91. The molecule has 5 saturated heterocycles. The second kappa shape index (κ2) is 12.7. The van der Waals surface area contributed by atoms with E-state index in [-0.39, 0.29) is 37.1 Å². The Morgan fingerprint density at radius 1 is 0.550 bits per heavy atom. The number of hydrogen-bond acceptors (Lipinski definition) is 10. The minimum Gasteiger partial charge on any atom is -0.388 e. The molecule has 5 aliphatic rings. The molecule has 5 aliphatic heterocycles. The lowest BCUT2D eigenvalue weighted by Crippen LogP contribution is -2.41. The maximum absolute atomic E-state index is 9.76. The maximum Gasteiger partial charge on any atom is 0.167 e. The molecular weight excluding hydrogens is 520 g/mol. The lowest BCUT2D eigenvalue weighted by Gasteiger charge is -2.30. The van der Waals surface area contributed by atoms with Gasteiger partial charge in [0.15, 0.2) is 17.4 Å². The summed E-state index contributed by atoms with van der Waals surface area (Å²) in [4.78, 5) is 0. The minimum atomic E-state index is -0.884. The van der Waals surface area contributed by atoms with E-state index in [1.165, 1.54) is 0 Å². The van der Waals surface area contributed by atoms with Crippen molar-refractivity contribution >= 4 is 0 Å². The van der Waals surface area contributed by atoms with Gasteiger partial charge in [0.2, 0.25) is 0 Å². The number of fused-ring (bicyclic) bond motifs is 1. The van der Waals surface area contributed by atoms with Gasteiger partial charge in [0, 0.05) is 19.3 Å². The summed E-state index contributed by atoms with van der Waals surface area (Å²) in [6, 6.07) is 0. The van der Waals surface area contributed by atoms with E-state index in [1.54, 1.807) is 0 Å². The monoisotopic (exact) mass is 574 g/mol. The van der Waals surface area contributed by atoms with Crippen LogP contribution in [0.4, 0.5) is 0 Å². The molecular formula is C30H54O10. The zero-order chi connectivity index (χ0) is 29.5. The van der Waals surface area contributed by atoms with Gasteiger partial charge in [-0.05, 0) is 38.5 Å². The first kappa shape index (κ1) is 32.5. The number of ether oxygens (including phenoxy) is 8.